The maximum absolute atomic E-state index is 10.8. The van der Waals surface area contributed by atoms with Gasteiger partial charge in [0.2, 0.25) is 5.91 Å². The minimum Gasteiger partial charge on any atom is -0.355 e. The van der Waals surface area contributed by atoms with Gasteiger partial charge in [0.1, 0.15) is 0 Å². The fourth-order valence-electron chi connectivity index (χ4n) is 0.663. The summed E-state index contributed by atoms with van der Waals surface area (Å²) in [5, 5.41) is 5.11. The van der Waals surface area contributed by atoms with Crippen LogP contribution in [0.3, 0.4) is 0 Å². The molecule has 0 spiro atoms. The van der Waals surface area contributed by atoms with Crippen molar-refractivity contribution in [3.63, 3.8) is 0 Å². The molecule has 0 bridgehead atoms. The molecule has 0 rings (SSSR count). The molecule has 0 radical (unpaired) electrons. The second-order valence-electron chi connectivity index (χ2n) is 2.42. The van der Waals surface area contributed by atoms with E-state index < -0.39 is 10.1 Å². The Labute approximate surface area is 77.5 Å². The molecule has 0 aromatic heterocycles. The third-order valence-electron chi connectivity index (χ3n) is 1.20. The first kappa shape index (κ1) is 12.3. The molecule has 0 fully saturated rings. The zero-order valence-corrected chi connectivity index (χ0v) is 8.23. The van der Waals surface area contributed by atoms with Gasteiger partial charge < -0.3 is 10.6 Å². The lowest BCUT2D eigenvalue weighted by molar-refractivity contribution is -0.120. The fourth-order valence-corrected chi connectivity index (χ4v) is 1.07. The van der Waals surface area contributed by atoms with Crippen LogP contribution >= 0.6 is 0 Å². The molecule has 0 aliphatic carbocycles. The first-order chi connectivity index (χ1) is 5.95. The topological polar surface area (TPSA) is 95.5 Å². The van der Waals surface area contributed by atoms with E-state index >= 15 is 0 Å². The van der Waals surface area contributed by atoms with E-state index in [1.807, 2.05) is 0 Å². The van der Waals surface area contributed by atoms with Crippen molar-refractivity contribution in [2.24, 2.45) is 0 Å². The van der Waals surface area contributed by atoms with Crippen molar-refractivity contribution in [3.05, 3.63) is 0 Å². The van der Waals surface area contributed by atoms with Gasteiger partial charge in [0.15, 0.2) is 0 Å². The summed E-state index contributed by atoms with van der Waals surface area (Å²) in [6, 6.07) is 0. The average Bonchev–Trinajstić information content (AvgIpc) is 1.97. The molecule has 1 amide bonds. The second kappa shape index (κ2) is 5.90. The van der Waals surface area contributed by atoms with Gasteiger partial charge in [-0.05, 0) is 6.92 Å². The van der Waals surface area contributed by atoms with Gasteiger partial charge >= 0.3 is 0 Å². The van der Waals surface area contributed by atoms with Crippen LogP contribution in [0.4, 0.5) is 0 Å². The van der Waals surface area contributed by atoms with Gasteiger partial charge in [-0.25, -0.2) is 0 Å². The molecule has 0 saturated carbocycles. The predicted molar refractivity (Wildman–Crippen MR) is 48.0 cm³/mol. The highest BCUT2D eigenvalue weighted by atomic mass is 32.2. The monoisotopic (exact) mass is 210 g/mol. The van der Waals surface area contributed by atoms with E-state index in [4.69, 9.17) is 4.55 Å². The molecule has 13 heavy (non-hydrogen) atoms. The minimum atomic E-state index is -3.93. The van der Waals surface area contributed by atoms with Crippen molar-refractivity contribution < 1.29 is 17.8 Å². The Balaban J connectivity index is 3.41. The molecule has 0 unspecified atom stereocenters. The van der Waals surface area contributed by atoms with E-state index in [1.165, 1.54) is 0 Å². The summed E-state index contributed by atoms with van der Waals surface area (Å²) in [5.74, 6) is -0.579. The van der Waals surface area contributed by atoms with Crippen LogP contribution in [0.5, 0.6) is 0 Å². The molecule has 0 aliphatic rings. The molecule has 3 N–H and O–H groups in total. The van der Waals surface area contributed by atoms with Gasteiger partial charge in [-0.1, -0.05) is 0 Å². The third kappa shape index (κ3) is 9.25. The molecule has 0 aromatic carbocycles. The molecule has 78 valence electrons. The highest BCUT2D eigenvalue weighted by Gasteiger charge is 2.04. The number of hydrogen-bond acceptors (Lipinski definition) is 4. The van der Waals surface area contributed by atoms with Gasteiger partial charge in [-0.3, -0.25) is 9.35 Å². The summed E-state index contributed by atoms with van der Waals surface area (Å²) < 4.78 is 28.8. The van der Waals surface area contributed by atoms with Crippen LogP contribution < -0.4 is 10.6 Å². The van der Waals surface area contributed by atoms with Crippen LogP contribution in [0.2, 0.25) is 0 Å². The van der Waals surface area contributed by atoms with Crippen molar-refractivity contribution in [2.75, 3.05) is 25.4 Å². The molecule has 7 heteroatoms. The Bertz CT molecular complexity index is 249. The third-order valence-corrected chi connectivity index (χ3v) is 1.92. The zero-order chi connectivity index (χ0) is 10.3. The van der Waals surface area contributed by atoms with Crippen LogP contribution in [0.25, 0.3) is 0 Å². The SMILES string of the molecule is CCNC(=O)CNCCS(=O)(=O)O. The van der Waals surface area contributed by atoms with E-state index in [2.05, 4.69) is 10.6 Å². The largest absolute Gasteiger partial charge is 0.355 e. The number of carbonyl (C=O) groups is 1. The summed E-state index contributed by atoms with van der Waals surface area (Å²) in [4.78, 5) is 10.8. The van der Waals surface area contributed by atoms with Gasteiger partial charge in [0.25, 0.3) is 10.1 Å². The van der Waals surface area contributed by atoms with Crippen LogP contribution in [-0.2, 0) is 14.9 Å². The van der Waals surface area contributed by atoms with Gasteiger partial charge in [-0.15, -0.1) is 0 Å². The predicted octanol–water partition coefficient (Wildman–Crippen LogP) is -1.40. The summed E-state index contributed by atoms with van der Waals surface area (Å²) in [5.41, 5.74) is 0. The normalized spacial score (nSPS) is 11.2. The molecule has 0 aromatic rings. The fraction of sp³-hybridized carbons (Fsp3) is 0.833. The Morgan fingerprint density at radius 2 is 2.08 bits per heavy atom. The summed E-state index contributed by atoms with van der Waals surface area (Å²) >= 11 is 0. The van der Waals surface area contributed by atoms with E-state index in [0.717, 1.165) is 0 Å². The Hall–Kier alpha value is -0.660. The lowest BCUT2D eigenvalue weighted by atomic mass is 10.5. The summed E-state index contributed by atoms with van der Waals surface area (Å²) in [7, 11) is -3.93. The average molecular weight is 210 g/mol. The molecular weight excluding hydrogens is 196 g/mol. The van der Waals surface area contributed by atoms with E-state index in [1.54, 1.807) is 6.92 Å². The number of nitrogens with one attached hydrogen (secondary N) is 2. The number of likely N-dealkylation sites (N-methyl/N-ethyl adjacent to an activating group) is 1. The maximum Gasteiger partial charge on any atom is 0.266 e. The molecule has 0 atom stereocenters. The smallest absolute Gasteiger partial charge is 0.266 e. The standard InChI is InChI=1S/C6H14N2O4S/c1-2-8-6(9)5-7-3-4-13(10,11)12/h7H,2-5H2,1H3,(H,8,9)(H,10,11,12). The molecule has 6 nitrogen and oxygen atoms in total. The van der Waals surface area contributed by atoms with Crippen molar-refractivity contribution in [1.82, 2.24) is 10.6 Å². The Morgan fingerprint density at radius 1 is 1.46 bits per heavy atom. The quantitative estimate of drug-likeness (QED) is 0.370. The van der Waals surface area contributed by atoms with Crippen LogP contribution in [-0.4, -0.2) is 44.3 Å². The van der Waals surface area contributed by atoms with Crippen molar-refractivity contribution in [2.45, 2.75) is 6.92 Å². The van der Waals surface area contributed by atoms with E-state index in [9.17, 15) is 13.2 Å². The van der Waals surface area contributed by atoms with Gasteiger partial charge in [0.05, 0.1) is 12.3 Å². The number of carbonyl (C=O) groups excluding carboxylic acids is 1. The van der Waals surface area contributed by atoms with Crippen LogP contribution in [0.15, 0.2) is 0 Å². The summed E-state index contributed by atoms with van der Waals surface area (Å²) in [6.45, 7) is 2.45. The molecule has 0 aliphatic heterocycles. The van der Waals surface area contributed by atoms with Crippen molar-refractivity contribution >= 4 is 16.0 Å². The molecular formula is C6H14N2O4S. The Morgan fingerprint density at radius 3 is 2.54 bits per heavy atom. The minimum absolute atomic E-state index is 0.0589. The molecule has 0 heterocycles. The highest BCUT2D eigenvalue weighted by Crippen LogP contribution is 1.78. The summed E-state index contributed by atoms with van der Waals surface area (Å²) in [6.07, 6.45) is 0. The van der Waals surface area contributed by atoms with Crippen LogP contribution in [0.1, 0.15) is 6.92 Å². The van der Waals surface area contributed by atoms with Gasteiger partial charge in [0, 0.05) is 13.1 Å². The van der Waals surface area contributed by atoms with E-state index in [0.29, 0.717) is 6.54 Å². The second-order valence-corrected chi connectivity index (χ2v) is 3.99. The van der Waals surface area contributed by atoms with Crippen LogP contribution in [0, 0.1) is 0 Å². The molecule has 0 saturated heterocycles. The first-order valence-corrected chi connectivity index (χ1v) is 5.49. The van der Waals surface area contributed by atoms with Crippen molar-refractivity contribution in [1.29, 1.82) is 0 Å². The van der Waals surface area contributed by atoms with Gasteiger partial charge in [-0.2, -0.15) is 8.42 Å². The Kier molecular flexibility index (Phi) is 5.60. The zero-order valence-electron chi connectivity index (χ0n) is 7.41. The van der Waals surface area contributed by atoms with E-state index in [-0.39, 0.29) is 24.7 Å². The number of amides is 1. The maximum atomic E-state index is 10.8. The highest BCUT2D eigenvalue weighted by molar-refractivity contribution is 7.85. The lowest BCUT2D eigenvalue weighted by Gasteiger charge is -2.02. The number of hydrogen-bond donors (Lipinski definition) is 3. The van der Waals surface area contributed by atoms with Crippen molar-refractivity contribution in [3.8, 4) is 0 Å². The number of rotatable bonds is 6. The lowest BCUT2D eigenvalue weighted by Crippen LogP contribution is -2.35. The first-order valence-electron chi connectivity index (χ1n) is 3.88.